The van der Waals surface area contributed by atoms with E-state index in [-0.39, 0.29) is 0 Å². The first kappa shape index (κ1) is 9.89. The predicted molar refractivity (Wildman–Crippen MR) is 69.8 cm³/mol. The molecule has 0 saturated heterocycles. The van der Waals surface area contributed by atoms with Crippen LogP contribution in [0.25, 0.3) is 10.8 Å². The summed E-state index contributed by atoms with van der Waals surface area (Å²) in [5.74, 6) is 1.52. The SMILES string of the molecule is C[C@@H]1c2c(ccc3ccccc23)CC[C@@H]1C. The van der Waals surface area contributed by atoms with Gasteiger partial charge in [0.05, 0.1) is 0 Å². The minimum absolute atomic E-state index is 0.704. The van der Waals surface area contributed by atoms with Gasteiger partial charge >= 0.3 is 0 Å². The normalized spacial score (nSPS) is 24.4. The van der Waals surface area contributed by atoms with Crippen LogP contribution in [0.4, 0.5) is 0 Å². The number of hydrogen-bond donors (Lipinski definition) is 0. The molecular weight excluding hydrogens is 192 g/mol. The molecule has 82 valence electrons. The minimum atomic E-state index is 0.704. The molecule has 0 N–H and O–H groups in total. The molecule has 1 aliphatic rings. The van der Waals surface area contributed by atoms with E-state index >= 15 is 0 Å². The maximum atomic E-state index is 2.38. The summed E-state index contributed by atoms with van der Waals surface area (Å²) in [6.45, 7) is 4.77. The molecule has 2 aromatic carbocycles. The van der Waals surface area contributed by atoms with Crippen LogP contribution in [0.15, 0.2) is 36.4 Å². The van der Waals surface area contributed by atoms with Crippen molar-refractivity contribution in [2.75, 3.05) is 0 Å². The van der Waals surface area contributed by atoms with Gasteiger partial charge in [0, 0.05) is 0 Å². The molecule has 2 atom stereocenters. The Labute approximate surface area is 97.3 Å². The van der Waals surface area contributed by atoms with Crippen LogP contribution in [0.3, 0.4) is 0 Å². The molecule has 0 spiro atoms. The van der Waals surface area contributed by atoms with Crippen molar-refractivity contribution >= 4 is 10.8 Å². The van der Waals surface area contributed by atoms with Crippen molar-refractivity contribution in [3.63, 3.8) is 0 Å². The second-order valence-electron chi connectivity index (χ2n) is 5.16. The third kappa shape index (κ3) is 1.36. The van der Waals surface area contributed by atoms with Gasteiger partial charge in [-0.25, -0.2) is 0 Å². The molecule has 0 fully saturated rings. The summed E-state index contributed by atoms with van der Waals surface area (Å²) >= 11 is 0. The third-order valence-electron chi connectivity index (χ3n) is 4.24. The fourth-order valence-electron chi connectivity index (χ4n) is 3.01. The van der Waals surface area contributed by atoms with Crippen molar-refractivity contribution in [1.29, 1.82) is 0 Å². The first-order valence-electron chi connectivity index (χ1n) is 6.28. The highest BCUT2D eigenvalue weighted by Gasteiger charge is 2.24. The molecule has 0 saturated carbocycles. The van der Waals surface area contributed by atoms with Gasteiger partial charge in [-0.15, -0.1) is 0 Å². The van der Waals surface area contributed by atoms with Crippen LogP contribution in [0.1, 0.15) is 37.3 Å². The van der Waals surface area contributed by atoms with Gasteiger partial charge in [-0.1, -0.05) is 50.2 Å². The molecule has 0 bridgehead atoms. The quantitative estimate of drug-likeness (QED) is 0.599. The number of fused-ring (bicyclic) bond motifs is 3. The van der Waals surface area contributed by atoms with Crippen molar-refractivity contribution in [2.24, 2.45) is 5.92 Å². The van der Waals surface area contributed by atoms with Gasteiger partial charge in [0.2, 0.25) is 0 Å². The predicted octanol–water partition coefficient (Wildman–Crippen LogP) is 4.53. The van der Waals surface area contributed by atoms with Crippen molar-refractivity contribution in [3.8, 4) is 0 Å². The van der Waals surface area contributed by atoms with Crippen LogP contribution in [0.5, 0.6) is 0 Å². The van der Waals surface area contributed by atoms with E-state index in [2.05, 4.69) is 50.2 Å². The highest BCUT2D eigenvalue weighted by Crippen LogP contribution is 2.39. The lowest BCUT2D eigenvalue weighted by Gasteiger charge is -2.30. The molecule has 0 heterocycles. The van der Waals surface area contributed by atoms with Crippen LogP contribution in [0, 0.1) is 5.92 Å². The summed E-state index contributed by atoms with van der Waals surface area (Å²) in [4.78, 5) is 0. The van der Waals surface area contributed by atoms with Gasteiger partial charge in [0.15, 0.2) is 0 Å². The second kappa shape index (κ2) is 3.62. The van der Waals surface area contributed by atoms with Crippen LogP contribution in [0.2, 0.25) is 0 Å². The van der Waals surface area contributed by atoms with E-state index in [9.17, 15) is 0 Å². The van der Waals surface area contributed by atoms with Crippen LogP contribution < -0.4 is 0 Å². The van der Waals surface area contributed by atoms with Crippen LogP contribution >= 0.6 is 0 Å². The third-order valence-corrected chi connectivity index (χ3v) is 4.24. The van der Waals surface area contributed by atoms with E-state index in [0.717, 1.165) is 5.92 Å². The first-order chi connectivity index (χ1) is 7.77. The summed E-state index contributed by atoms with van der Waals surface area (Å²) in [5.41, 5.74) is 3.18. The molecule has 0 aromatic heterocycles. The largest absolute Gasteiger partial charge is 0.0619 e. The monoisotopic (exact) mass is 210 g/mol. The zero-order valence-electron chi connectivity index (χ0n) is 10.0. The van der Waals surface area contributed by atoms with E-state index in [1.807, 2.05) is 0 Å². The number of aryl methyl sites for hydroxylation is 1. The van der Waals surface area contributed by atoms with Gasteiger partial charge in [-0.05, 0) is 46.6 Å². The summed E-state index contributed by atoms with van der Waals surface area (Å²) < 4.78 is 0. The lowest BCUT2D eigenvalue weighted by Crippen LogP contribution is -2.16. The maximum Gasteiger partial charge on any atom is -0.0146 e. The second-order valence-corrected chi connectivity index (χ2v) is 5.16. The molecule has 0 radical (unpaired) electrons. The Bertz CT molecular complexity index is 525. The number of hydrogen-bond acceptors (Lipinski definition) is 0. The summed E-state index contributed by atoms with van der Waals surface area (Å²) in [7, 11) is 0. The standard InChI is InChI=1S/C16H18/c1-11-7-8-14-10-9-13-5-3-4-6-15(13)16(14)12(11)2/h3-6,9-12H,7-8H2,1-2H3/t11-,12-/m0/s1. The zero-order chi connectivity index (χ0) is 11.1. The van der Waals surface area contributed by atoms with E-state index in [4.69, 9.17) is 0 Å². The highest BCUT2D eigenvalue weighted by molar-refractivity contribution is 5.87. The smallest absolute Gasteiger partial charge is 0.0146 e. The molecule has 2 aromatic rings. The van der Waals surface area contributed by atoms with E-state index in [1.54, 1.807) is 11.1 Å². The van der Waals surface area contributed by atoms with Crippen molar-refractivity contribution in [1.82, 2.24) is 0 Å². The zero-order valence-corrected chi connectivity index (χ0v) is 10.0. The molecule has 0 amide bonds. The van der Waals surface area contributed by atoms with E-state index in [1.165, 1.54) is 23.6 Å². The van der Waals surface area contributed by atoms with E-state index in [0.29, 0.717) is 5.92 Å². The minimum Gasteiger partial charge on any atom is -0.0619 e. The van der Waals surface area contributed by atoms with Crippen LogP contribution in [-0.2, 0) is 6.42 Å². The van der Waals surface area contributed by atoms with Gasteiger partial charge in [-0.3, -0.25) is 0 Å². The Balaban J connectivity index is 2.32. The van der Waals surface area contributed by atoms with Gasteiger partial charge in [0.1, 0.15) is 0 Å². The Hall–Kier alpha value is -1.30. The number of benzene rings is 2. The maximum absolute atomic E-state index is 2.38. The fourth-order valence-corrected chi connectivity index (χ4v) is 3.01. The summed E-state index contributed by atoms with van der Waals surface area (Å²) in [5, 5.41) is 2.86. The summed E-state index contributed by atoms with van der Waals surface area (Å²) in [6, 6.07) is 13.4. The highest BCUT2D eigenvalue weighted by atomic mass is 14.3. The van der Waals surface area contributed by atoms with Gasteiger partial charge in [-0.2, -0.15) is 0 Å². The number of rotatable bonds is 0. The van der Waals surface area contributed by atoms with Gasteiger partial charge < -0.3 is 0 Å². The Morgan fingerprint density at radius 1 is 1.00 bits per heavy atom. The average molecular weight is 210 g/mol. The molecule has 0 heteroatoms. The van der Waals surface area contributed by atoms with Crippen molar-refractivity contribution in [3.05, 3.63) is 47.5 Å². The molecule has 1 aliphatic carbocycles. The molecular formula is C16H18. The lowest BCUT2D eigenvalue weighted by atomic mass is 9.75. The first-order valence-corrected chi connectivity index (χ1v) is 6.28. The Morgan fingerprint density at radius 3 is 2.69 bits per heavy atom. The van der Waals surface area contributed by atoms with Crippen molar-refractivity contribution < 1.29 is 0 Å². The Kier molecular flexibility index (Phi) is 2.24. The van der Waals surface area contributed by atoms with Crippen LogP contribution in [-0.4, -0.2) is 0 Å². The molecule has 16 heavy (non-hydrogen) atoms. The molecule has 0 nitrogen and oxygen atoms in total. The lowest BCUT2D eigenvalue weighted by molar-refractivity contribution is 0.429. The average Bonchev–Trinajstić information content (AvgIpc) is 2.33. The topological polar surface area (TPSA) is 0 Å². The fraction of sp³-hybridized carbons (Fsp3) is 0.375. The van der Waals surface area contributed by atoms with Crippen molar-refractivity contribution in [2.45, 2.75) is 32.6 Å². The Morgan fingerprint density at radius 2 is 1.81 bits per heavy atom. The van der Waals surface area contributed by atoms with Gasteiger partial charge in [0.25, 0.3) is 0 Å². The summed E-state index contributed by atoms with van der Waals surface area (Å²) in [6.07, 6.45) is 2.60. The molecule has 0 aliphatic heterocycles. The van der Waals surface area contributed by atoms with E-state index < -0.39 is 0 Å². The molecule has 0 unspecified atom stereocenters. The molecule has 3 rings (SSSR count).